The van der Waals surface area contributed by atoms with Gasteiger partial charge in [0.1, 0.15) is 11.4 Å². The lowest BCUT2D eigenvalue weighted by Crippen LogP contribution is -2.42. The van der Waals surface area contributed by atoms with Gasteiger partial charge in [0.05, 0.1) is 24.9 Å². The average Bonchev–Trinajstić information content (AvgIpc) is 3.61. The Balaban J connectivity index is 1.46. The van der Waals surface area contributed by atoms with E-state index in [0.29, 0.717) is 23.7 Å². The van der Waals surface area contributed by atoms with E-state index in [9.17, 15) is 22.8 Å². The van der Waals surface area contributed by atoms with Crippen LogP contribution in [0.25, 0.3) is 5.69 Å². The highest BCUT2D eigenvalue weighted by atomic mass is 19.4. The smallest absolute Gasteiger partial charge is 0.435 e. The minimum atomic E-state index is -4.69. The molecule has 0 saturated heterocycles. The van der Waals surface area contributed by atoms with Crippen LogP contribution < -0.4 is 9.64 Å². The van der Waals surface area contributed by atoms with Crippen LogP contribution >= 0.6 is 0 Å². The Morgan fingerprint density at radius 2 is 1.64 bits per heavy atom. The lowest BCUT2D eigenvalue weighted by Gasteiger charge is -2.31. The summed E-state index contributed by atoms with van der Waals surface area (Å²) in [6.45, 7) is 0.400. The third-order valence-corrected chi connectivity index (χ3v) is 7.51. The van der Waals surface area contributed by atoms with Gasteiger partial charge in [-0.3, -0.25) is 9.59 Å². The van der Waals surface area contributed by atoms with Crippen LogP contribution in [0, 0.1) is 0 Å². The molecule has 11 heteroatoms. The Hall–Kier alpha value is -3.86. The Morgan fingerprint density at radius 3 is 2.18 bits per heavy atom. The highest BCUT2D eigenvalue weighted by Gasteiger charge is 2.50. The Labute approximate surface area is 224 Å². The SMILES string of the molecule is COc1ccc(-n2nc(C(F)(F)F)c3c2C(=O)N(c2ccc(C4(N(C)C(=O)CN(C)C)CC4)cc2)CC3)cc1. The Kier molecular flexibility index (Phi) is 6.66. The summed E-state index contributed by atoms with van der Waals surface area (Å²) in [7, 11) is 6.99. The van der Waals surface area contributed by atoms with Crippen molar-refractivity contribution in [2.45, 2.75) is 31.0 Å². The molecule has 5 rings (SSSR count). The summed E-state index contributed by atoms with van der Waals surface area (Å²) in [5.41, 5.74) is 0.244. The molecule has 0 radical (unpaired) electrons. The number of likely N-dealkylation sites (N-methyl/N-ethyl adjacent to an activating group) is 2. The van der Waals surface area contributed by atoms with Crippen LogP contribution in [-0.4, -0.2) is 72.7 Å². The van der Waals surface area contributed by atoms with Crippen LogP contribution in [0.3, 0.4) is 0 Å². The summed E-state index contributed by atoms with van der Waals surface area (Å²) >= 11 is 0. The molecule has 8 nitrogen and oxygen atoms in total. The highest BCUT2D eigenvalue weighted by molar-refractivity contribution is 6.07. The van der Waals surface area contributed by atoms with Gasteiger partial charge in [-0.15, -0.1) is 0 Å². The average molecular weight is 542 g/mol. The molecule has 0 N–H and O–H groups in total. The number of nitrogens with zero attached hydrogens (tertiary/aromatic N) is 5. The first-order valence-electron chi connectivity index (χ1n) is 12.6. The number of methoxy groups -OCH3 is 1. The number of rotatable bonds is 7. The molecule has 1 saturated carbocycles. The van der Waals surface area contributed by atoms with Crippen molar-refractivity contribution in [3.63, 3.8) is 0 Å². The summed E-state index contributed by atoms with van der Waals surface area (Å²) in [6.07, 6.45) is -3.00. The lowest BCUT2D eigenvalue weighted by atomic mass is 10.00. The monoisotopic (exact) mass is 541 g/mol. The molecular weight excluding hydrogens is 511 g/mol. The minimum Gasteiger partial charge on any atom is -0.497 e. The number of halogens is 3. The largest absolute Gasteiger partial charge is 0.497 e. The summed E-state index contributed by atoms with van der Waals surface area (Å²) < 4.78 is 47.8. The normalized spacial score (nSPS) is 16.3. The van der Waals surface area contributed by atoms with E-state index in [4.69, 9.17) is 4.74 Å². The Morgan fingerprint density at radius 1 is 1.03 bits per heavy atom. The van der Waals surface area contributed by atoms with Crippen LogP contribution in [0.1, 0.15) is 40.2 Å². The topological polar surface area (TPSA) is 70.9 Å². The van der Waals surface area contributed by atoms with Crippen molar-refractivity contribution >= 4 is 17.5 Å². The molecule has 2 heterocycles. The molecule has 2 aromatic carbocycles. The van der Waals surface area contributed by atoms with E-state index in [1.165, 1.54) is 12.0 Å². The van der Waals surface area contributed by atoms with E-state index >= 15 is 0 Å². The van der Waals surface area contributed by atoms with Crippen molar-refractivity contribution in [3.8, 4) is 11.4 Å². The quantitative estimate of drug-likeness (QED) is 0.450. The van der Waals surface area contributed by atoms with Gasteiger partial charge in [0.25, 0.3) is 5.91 Å². The first kappa shape index (κ1) is 26.7. The molecule has 0 spiro atoms. The number of hydrogen-bond donors (Lipinski definition) is 0. The molecule has 2 aliphatic rings. The molecule has 1 aromatic heterocycles. The zero-order chi connectivity index (χ0) is 28.1. The number of fused-ring (bicyclic) bond motifs is 1. The van der Waals surface area contributed by atoms with Crippen LogP contribution in [0.15, 0.2) is 48.5 Å². The highest BCUT2D eigenvalue weighted by Crippen LogP contribution is 2.50. The molecule has 0 unspecified atom stereocenters. The Bertz CT molecular complexity index is 1390. The number of amides is 2. The van der Waals surface area contributed by atoms with Crippen molar-refractivity contribution in [1.82, 2.24) is 19.6 Å². The maximum absolute atomic E-state index is 13.9. The number of aromatic nitrogens is 2. The van der Waals surface area contributed by atoms with Gasteiger partial charge in [-0.2, -0.15) is 18.3 Å². The summed E-state index contributed by atoms with van der Waals surface area (Å²) in [5.74, 6) is 0.00108. The number of anilines is 1. The third kappa shape index (κ3) is 4.75. The number of hydrogen-bond acceptors (Lipinski definition) is 5. The lowest BCUT2D eigenvalue weighted by molar-refractivity contribution is -0.142. The fraction of sp³-hybridized carbons (Fsp3) is 0.393. The van der Waals surface area contributed by atoms with Crippen molar-refractivity contribution in [3.05, 3.63) is 71.0 Å². The zero-order valence-corrected chi connectivity index (χ0v) is 22.2. The molecule has 3 aromatic rings. The second-order valence-corrected chi connectivity index (χ2v) is 10.3. The number of benzene rings is 2. The number of alkyl halides is 3. The van der Waals surface area contributed by atoms with Gasteiger partial charge in [0, 0.05) is 24.8 Å². The van der Waals surface area contributed by atoms with Crippen molar-refractivity contribution in [2.24, 2.45) is 0 Å². The predicted octanol–water partition coefficient (Wildman–Crippen LogP) is 4.11. The maximum Gasteiger partial charge on any atom is 0.435 e. The van der Waals surface area contributed by atoms with Crippen molar-refractivity contribution in [2.75, 3.05) is 46.2 Å². The predicted molar refractivity (Wildman–Crippen MR) is 139 cm³/mol. The van der Waals surface area contributed by atoms with Crippen LogP contribution in [0.5, 0.6) is 5.75 Å². The molecule has 1 fully saturated rings. The summed E-state index contributed by atoms with van der Waals surface area (Å²) in [4.78, 5) is 31.5. The van der Waals surface area contributed by atoms with Gasteiger partial charge in [-0.05, 0) is 75.3 Å². The maximum atomic E-state index is 13.9. The van der Waals surface area contributed by atoms with Gasteiger partial charge in [-0.1, -0.05) is 12.1 Å². The van der Waals surface area contributed by atoms with E-state index in [1.54, 1.807) is 48.3 Å². The van der Waals surface area contributed by atoms with Gasteiger partial charge in [-0.25, -0.2) is 4.68 Å². The molecule has 1 aliphatic carbocycles. The number of carbonyl (C=O) groups is 2. The van der Waals surface area contributed by atoms with Gasteiger partial charge in [0.15, 0.2) is 5.69 Å². The molecule has 0 atom stereocenters. The molecule has 0 bridgehead atoms. The van der Waals surface area contributed by atoms with E-state index < -0.39 is 17.8 Å². The number of carbonyl (C=O) groups excluding carboxylic acids is 2. The zero-order valence-electron chi connectivity index (χ0n) is 22.2. The fourth-order valence-electron chi connectivity index (χ4n) is 5.25. The van der Waals surface area contributed by atoms with Gasteiger partial charge in [0.2, 0.25) is 5.91 Å². The molecule has 1 aliphatic heterocycles. The first-order chi connectivity index (χ1) is 18.5. The summed E-state index contributed by atoms with van der Waals surface area (Å²) in [6, 6.07) is 13.7. The summed E-state index contributed by atoms with van der Waals surface area (Å²) in [5, 5.41) is 3.84. The standard InChI is InChI=1S/C28H30F3N5O3/c1-33(2)17-23(37)34(3)27(14-15-27)18-5-7-19(8-6-18)35-16-13-22-24(26(35)38)36(32-25(22)28(29,30)31)20-9-11-21(39-4)12-10-20/h5-12H,13-17H2,1-4H3. The van der Waals surface area contributed by atoms with E-state index in [-0.39, 0.29) is 35.7 Å². The van der Waals surface area contributed by atoms with Crippen molar-refractivity contribution in [1.29, 1.82) is 0 Å². The van der Waals surface area contributed by atoms with Gasteiger partial charge < -0.3 is 19.4 Å². The number of ether oxygens (including phenoxy) is 1. The van der Waals surface area contributed by atoms with Crippen molar-refractivity contribution < 1.29 is 27.5 Å². The third-order valence-electron chi connectivity index (χ3n) is 7.51. The molecular formula is C28H30F3N5O3. The van der Waals surface area contributed by atoms with Crippen LogP contribution in [0.4, 0.5) is 18.9 Å². The van der Waals surface area contributed by atoms with Crippen LogP contribution in [-0.2, 0) is 22.9 Å². The first-order valence-corrected chi connectivity index (χ1v) is 12.6. The minimum absolute atomic E-state index is 0.0134. The second kappa shape index (κ2) is 9.71. The van der Waals surface area contributed by atoms with E-state index in [2.05, 4.69) is 5.10 Å². The fourth-order valence-corrected chi connectivity index (χ4v) is 5.25. The van der Waals surface area contributed by atoms with E-state index in [1.807, 2.05) is 31.1 Å². The second-order valence-electron chi connectivity index (χ2n) is 10.3. The molecule has 206 valence electrons. The van der Waals surface area contributed by atoms with Gasteiger partial charge >= 0.3 is 6.18 Å². The molecule has 2 amide bonds. The van der Waals surface area contributed by atoms with Crippen LogP contribution in [0.2, 0.25) is 0 Å². The van der Waals surface area contributed by atoms with E-state index in [0.717, 1.165) is 23.1 Å². The molecule has 39 heavy (non-hydrogen) atoms.